The van der Waals surface area contributed by atoms with Gasteiger partial charge in [0.25, 0.3) is 0 Å². The molecule has 0 bridgehead atoms. The molecule has 1 aliphatic heterocycles. The minimum absolute atomic E-state index is 0.624. The van der Waals surface area contributed by atoms with Gasteiger partial charge in [0, 0.05) is 36.3 Å². The molecule has 0 saturated carbocycles. The van der Waals surface area contributed by atoms with Gasteiger partial charge < -0.3 is 15.4 Å². The SMILES string of the molecule is S=C(NCc1ccccc1CN1CCOCC1)Nc1cccc(Br)c1. The van der Waals surface area contributed by atoms with Crippen LogP contribution in [0.2, 0.25) is 0 Å². The third-order valence-electron chi connectivity index (χ3n) is 4.14. The quantitative estimate of drug-likeness (QED) is 0.721. The summed E-state index contributed by atoms with van der Waals surface area (Å²) in [7, 11) is 0. The zero-order valence-electron chi connectivity index (χ0n) is 14.0. The van der Waals surface area contributed by atoms with E-state index in [1.54, 1.807) is 0 Å². The predicted molar refractivity (Wildman–Crippen MR) is 110 cm³/mol. The zero-order chi connectivity index (χ0) is 17.5. The topological polar surface area (TPSA) is 36.5 Å². The van der Waals surface area contributed by atoms with Gasteiger partial charge in [-0.15, -0.1) is 0 Å². The van der Waals surface area contributed by atoms with Crippen LogP contribution in [0.3, 0.4) is 0 Å². The maximum atomic E-state index is 5.43. The van der Waals surface area contributed by atoms with Gasteiger partial charge in [0.15, 0.2) is 5.11 Å². The Morgan fingerprint density at radius 1 is 1.08 bits per heavy atom. The second-order valence-corrected chi connectivity index (χ2v) is 7.30. The van der Waals surface area contributed by atoms with Crippen molar-refractivity contribution in [2.75, 3.05) is 31.6 Å². The highest BCUT2D eigenvalue weighted by atomic mass is 79.9. The Labute approximate surface area is 162 Å². The molecule has 0 radical (unpaired) electrons. The van der Waals surface area contributed by atoms with Crippen LogP contribution in [0.25, 0.3) is 0 Å². The Kier molecular flexibility index (Phi) is 6.81. The number of benzene rings is 2. The van der Waals surface area contributed by atoms with Gasteiger partial charge in [-0.2, -0.15) is 0 Å². The monoisotopic (exact) mass is 419 g/mol. The lowest BCUT2D eigenvalue weighted by atomic mass is 10.1. The average Bonchev–Trinajstić information content (AvgIpc) is 2.62. The summed E-state index contributed by atoms with van der Waals surface area (Å²) >= 11 is 8.89. The lowest BCUT2D eigenvalue weighted by Gasteiger charge is -2.27. The Morgan fingerprint density at radius 2 is 1.84 bits per heavy atom. The van der Waals surface area contributed by atoms with Crippen molar-refractivity contribution in [1.29, 1.82) is 0 Å². The predicted octanol–water partition coefficient (Wildman–Crippen LogP) is 3.77. The highest BCUT2D eigenvalue weighted by Crippen LogP contribution is 2.16. The van der Waals surface area contributed by atoms with Gasteiger partial charge in [0.1, 0.15) is 0 Å². The number of halogens is 1. The van der Waals surface area contributed by atoms with E-state index < -0.39 is 0 Å². The van der Waals surface area contributed by atoms with E-state index in [2.05, 4.69) is 55.7 Å². The maximum Gasteiger partial charge on any atom is 0.171 e. The van der Waals surface area contributed by atoms with E-state index in [0.717, 1.165) is 43.0 Å². The minimum Gasteiger partial charge on any atom is -0.379 e. The van der Waals surface area contributed by atoms with Crippen molar-refractivity contribution in [2.24, 2.45) is 0 Å². The molecule has 0 aliphatic carbocycles. The minimum atomic E-state index is 0.624. The Morgan fingerprint density at radius 3 is 2.60 bits per heavy atom. The molecule has 2 aromatic rings. The maximum absolute atomic E-state index is 5.43. The number of rotatable bonds is 5. The molecule has 0 amide bonds. The Balaban J connectivity index is 1.56. The molecular weight excluding hydrogens is 398 g/mol. The molecular formula is C19H22BrN3OS. The number of hydrogen-bond acceptors (Lipinski definition) is 3. The highest BCUT2D eigenvalue weighted by Gasteiger charge is 2.12. The number of anilines is 1. The van der Waals surface area contributed by atoms with E-state index in [9.17, 15) is 0 Å². The molecule has 1 fully saturated rings. The first-order valence-electron chi connectivity index (χ1n) is 8.38. The zero-order valence-corrected chi connectivity index (χ0v) is 16.4. The first-order valence-corrected chi connectivity index (χ1v) is 9.58. The van der Waals surface area contributed by atoms with E-state index in [4.69, 9.17) is 17.0 Å². The van der Waals surface area contributed by atoms with Crippen molar-refractivity contribution in [2.45, 2.75) is 13.1 Å². The normalized spacial score (nSPS) is 14.9. The van der Waals surface area contributed by atoms with Gasteiger partial charge in [-0.3, -0.25) is 4.90 Å². The molecule has 132 valence electrons. The molecule has 0 atom stereocenters. The number of thiocarbonyl (C=S) groups is 1. The van der Waals surface area contributed by atoms with Crippen molar-refractivity contribution in [3.05, 3.63) is 64.1 Å². The first-order chi connectivity index (χ1) is 12.2. The molecule has 2 N–H and O–H groups in total. The van der Waals surface area contributed by atoms with Crippen LogP contribution in [0.15, 0.2) is 53.0 Å². The van der Waals surface area contributed by atoms with Crippen LogP contribution in [0.1, 0.15) is 11.1 Å². The number of nitrogens with one attached hydrogen (secondary N) is 2. The lowest BCUT2D eigenvalue weighted by Crippen LogP contribution is -2.36. The van der Waals surface area contributed by atoms with E-state index in [1.165, 1.54) is 11.1 Å². The van der Waals surface area contributed by atoms with Gasteiger partial charge in [0.05, 0.1) is 13.2 Å². The Bertz CT molecular complexity index is 719. The van der Waals surface area contributed by atoms with Crippen LogP contribution >= 0.6 is 28.1 Å². The molecule has 1 saturated heterocycles. The van der Waals surface area contributed by atoms with E-state index in [-0.39, 0.29) is 0 Å². The van der Waals surface area contributed by atoms with Crippen molar-refractivity contribution < 1.29 is 4.74 Å². The molecule has 0 spiro atoms. The summed E-state index contributed by atoms with van der Waals surface area (Å²) in [5, 5.41) is 7.15. The molecule has 1 aliphatic rings. The van der Waals surface area contributed by atoms with E-state index >= 15 is 0 Å². The average molecular weight is 420 g/mol. The standard InChI is InChI=1S/C19H22BrN3OS/c20-17-6-3-7-18(12-17)22-19(25)21-13-15-4-1-2-5-16(15)14-23-8-10-24-11-9-23/h1-7,12H,8-11,13-14H2,(H2,21,22,25). The molecule has 2 aromatic carbocycles. The summed E-state index contributed by atoms with van der Waals surface area (Å²) < 4.78 is 6.45. The second-order valence-electron chi connectivity index (χ2n) is 5.98. The number of morpholine rings is 1. The molecule has 4 nitrogen and oxygen atoms in total. The summed E-state index contributed by atoms with van der Waals surface area (Å²) in [5.41, 5.74) is 3.57. The van der Waals surface area contributed by atoms with Crippen LogP contribution in [0.5, 0.6) is 0 Å². The molecule has 1 heterocycles. The van der Waals surface area contributed by atoms with Crippen LogP contribution in [0, 0.1) is 0 Å². The molecule has 25 heavy (non-hydrogen) atoms. The lowest BCUT2D eigenvalue weighted by molar-refractivity contribution is 0.0341. The summed E-state index contributed by atoms with van der Waals surface area (Å²) in [6.45, 7) is 5.28. The summed E-state index contributed by atoms with van der Waals surface area (Å²) in [5.74, 6) is 0. The third kappa shape index (κ3) is 5.78. The van der Waals surface area contributed by atoms with E-state index in [0.29, 0.717) is 11.7 Å². The van der Waals surface area contributed by atoms with Crippen LogP contribution in [-0.4, -0.2) is 36.3 Å². The third-order valence-corrected chi connectivity index (χ3v) is 4.88. The van der Waals surface area contributed by atoms with Gasteiger partial charge in [-0.25, -0.2) is 0 Å². The molecule has 0 aromatic heterocycles. The van der Waals surface area contributed by atoms with Gasteiger partial charge in [0.2, 0.25) is 0 Å². The Hall–Kier alpha value is -1.47. The molecule has 0 unspecified atom stereocenters. The number of nitrogens with zero attached hydrogens (tertiary/aromatic N) is 1. The number of ether oxygens (including phenoxy) is 1. The van der Waals surface area contributed by atoms with E-state index in [1.807, 2.05) is 24.3 Å². The van der Waals surface area contributed by atoms with Gasteiger partial charge in [-0.05, 0) is 41.5 Å². The molecule has 3 rings (SSSR count). The first kappa shape index (κ1) is 18.3. The summed E-state index contributed by atoms with van der Waals surface area (Å²) in [6, 6.07) is 16.5. The highest BCUT2D eigenvalue weighted by molar-refractivity contribution is 9.10. The number of hydrogen-bond donors (Lipinski definition) is 2. The fourth-order valence-corrected chi connectivity index (χ4v) is 3.39. The van der Waals surface area contributed by atoms with Crippen molar-refractivity contribution in [3.8, 4) is 0 Å². The fourth-order valence-electron chi connectivity index (χ4n) is 2.80. The van der Waals surface area contributed by atoms with Crippen LogP contribution < -0.4 is 10.6 Å². The summed E-state index contributed by atoms with van der Waals surface area (Å²) in [6.07, 6.45) is 0. The summed E-state index contributed by atoms with van der Waals surface area (Å²) in [4.78, 5) is 2.43. The van der Waals surface area contributed by atoms with Crippen LogP contribution in [-0.2, 0) is 17.8 Å². The second kappa shape index (κ2) is 9.29. The van der Waals surface area contributed by atoms with Crippen molar-refractivity contribution >= 4 is 38.9 Å². The molecule has 6 heteroatoms. The van der Waals surface area contributed by atoms with Crippen molar-refractivity contribution in [3.63, 3.8) is 0 Å². The smallest absolute Gasteiger partial charge is 0.171 e. The fraction of sp³-hybridized carbons (Fsp3) is 0.316. The van der Waals surface area contributed by atoms with Crippen LogP contribution in [0.4, 0.5) is 5.69 Å². The van der Waals surface area contributed by atoms with Gasteiger partial charge >= 0.3 is 0 Å². The van der Waals surface area contributed by atoms with Crippen molar-refractivity contribution in [1.82, 2.24) is 10.2 Å². The van der Waals surface area contributed by atoms with Gasteiger partial charge in [-0.1, -0.05) is 46.3 Å². The largest absolute Gasteiger partial charge is 0.379 e.